The van der Waals surface area contributed by atoms with Crippen molar-refractivity contribution in [3.63, 3.8) is 0 Å². The zero-order valence-corrected chi connectivity index (χ0v) is 12.7. The summed E-state index contributed by atoms with van der Waals surface area (Å²) in [6.45, 7) is 11.0. The minimum atomic E-state index is -0.256. The number of hydrogen-bond donors (Lipinski definition) is 2. The molecule has 0 saturated carbocycles. The minimum Gasteiger partial charge on any atom is -0.353 e. The van der Waals surface area contributed by atoms with Crippen LogP contribution < -0.4 is 11.1 Å². The van der Waals surface area contributed by atoms with E-state index in [2.05, 4.69) is 39.9 Å². The highest BCUT2D eigenvalue weighted by atomic mass is 32.2. The maximum atomic E-state index is 12.1. The number of nitrogens with one attached hydrogen (secondary N) is 1. The van der Waals surface area contributed by atoms with Gasteiger partial charge in [-0.3, -0.25) is 4.79 Å². The SMILES string of the molecule is CCSC(C(=O)NCC(N)(CC)CC)C(C)C. The monoisotopic (exact) mass is 260 g/mol. The maximum Gasteiger partial charge on any atom is 0.233 e. The van der Waals surface area contributed by atoms with E-state index in [-0.39, 0.29) is 16.7 Å². The number of nitrogens with two attached hydrogens (primary N) is 1. The van der Waals surface area contributed by atoms with Gasteiger partial charge < -0.3 is 11.1 Å². The van der Waals surface area contributed by atoms with Gasteiger partial charge in [0.1, 0.15) is 0 Å². The first kappa shape index (κ1) is 16.8. The second kappa shape index (κ2) is 7.98. The number of hydrogen-bond acceptors (Lipinski definition) is 3. The molecule has 0 aliphatic heterocycles. The third-order valence-corrected chi connectivity index (χ3v) is 4.68. The standard InChI is InChI=1S/C13H28N2OS/c1-6-13(14,7-2)9-15-12(16)11(10(4)5)17-8-3/h10-11H,6-9,14H2,1-5H3,(H,15,16). The fourth-order valence-electron chi connectivity index (χ4n) is 1.61. The van der Waals surface area contributed by atoms with E-state index in [4.69, 9.17) is 5.73 Å². The Morgan fingerprint density at radius 3 is 2.18 bits per heavy atom. The molecule has 0 aliphatic rings. The van der Waals surface area contributed by atoms with Gasteiger partial charge in [-0.25, -0.2) is 0 Å². The molecule has 0 aromatic rings. The van der Waals surface area contributed by atoms with Crippen LogP contribution in [0, 0.1) is 5.92 Å². The smallest absolute Gasteiger partial charge is 0.233 e. The van der Waals surface area contributed by atoms with Crippen molar-refractivity contribution in [3.8, 4) is 0 Å². The lowest BCUT2D eigenvalue weighted by molar-refractivity contribution is -0.121. The molecule has 0 fully saturated rings. The summed E-state index contributed by atoms with van der Waals surface area (Å²) in [6.07, 6.45) is 1.77. The Morgan fingerprint density at radius 1 is 1.29 bits per heavy atom. The molecule has 17 heavy (non-hydrogen) atoms. The summed E-state index contributed by atoms with van der Waals surface area (Å²) in [5, 5.41) is 3.05. The van der Waals surface area contributed by atoms with Gasteiger partial charge in [-0.1, -0.05) is 34.6 Å². The Morgan fingerprint density at radius 2 is 1.82 bits per heavy atom. The van der Waals surface area contributed by atoms with Gasteiger partial charge >= 0.3 is 0 Å². The van der Waals surface area contributed by atoms with Crippen LogP contribution >= 0.6 is 11.8 Å². The quantitative estimate of drug-likeness (QED) is 0.704. The molecule has 1 atom stereocenters. The van der Waals surface area contributed by atoms with Crippen LogP contribution in [0.5, 0.6) is 0 Å². The summed E-state index contributed by atoms with van der Waals surface area (Å²) >= 11 is 1.71. The minimum absolute atomic E-state index is 0.0398. The third-order valence-electron chi connectivity index (χ3n) is 3.23. The lowest BCUT2D eigenvalue weighted by Gasteiger charge is -2.28. The summed E-state index contributed by atoms with van der Waals surface area (Å²) in [4.78, 5) is 12.1. The van der Waals surface area contributed by atoms with Crippen molar-refractivity contribution in [2.45, 2.75) is 58.2 Å². The molecule has 0 aromatic heterocycles. The molecule has 0 spiro atoms. The molecule has 0 aliphatic carbocycles. The molecule has 0 bridgehead atoms. The van der Waals surface area contributed by atoms with Crippen LogP contribution in [0.1, 0.15) is 47.5 Å². The fourth-order valence-corrected chi connectivity index (χ4v) is 2.59. The van der Waals surface area contributed by atoms with Crippen LogP contribution in [0.4, 0.5) is 0 Å². The second-order valence-electron chi connectivity index (χ2n) is 4.91. The summed E-state index contributed by atoms with van der Waals surface area (Å²) in [6, 6.07) is 0. The molecule has 1 unspecified atom stereocenters. The molecule has 0 heterocycles. The van der Waals surface area contributed by atoms with Crippen LogP contribution in [0.3, 0.4) is 0 Å². The van der Waals surface area contributed by atoms with Crippen LogP contribution in [-0.4, -0.2) is 29.0 Å². The molecule has 1 amide bonds. The van der Waals surface area contributed by atoms with Crippen molar-refractivity contribution >= 4 is 17.7 Å². The van der Waals surface area contributed by atoms with Crippen molar-refractivity contribution < 1.29 is 4.79 Å². The molecule has 3 N–H and O–H groups in total. The predicted molar refractivity (Wildman–Crippen MR) is 77.3 cm³/mol. The van der Waals surface area contributed by atoms with Crippen LogP contribution in [-0.2, 0) is 4.79 Å². The van der Waals surface area contributed by atoms with E-state index < -0.39 is 0 Å². The molecule has 0 saturated heterocycles. The summed E-state index contributed by atoms with van der Waals surface area (Å²) in [5.74, 6) is 1.45. The highest BCUT2D eigenvalue weighted by Gasteiger charge is 2.25. The Hall–Kier alpha value is -0.220. The van der Waals surface area contributed by atoms with Gasteiger partial charge in [-0.2, -0.15) is 0 Å². The second-order valence-corrected chi connectivity index (χ2v) is 6.33. The zero-order valence-electron chi connectivity index (χ0n) is 11.9. The maximum absolute atomic E-state index is 12.1. The van der Waals surface area contributed by atoms with E-state index in [0.29, 0.717) is 12.5 Å². The fraction of sp³-hybridized carbons (Fsp3) is 0.923. The summed E-state index contributed by atoms with van der Waals surface area (Å²) in [7, 11) is 0. The number of carbonyl (C=O) groups excluding carboxylic acids is 1. The van der Waals surface area contributed by atoms with E-state index in [1.165, 1.54) is 0 Å². The van der Waals surface area contributed by atoms with Crippen LogP contribution in [0.25, 0.3) is 0 Å². The Labute approximate surface area is 110 Å². The number of amides is 1. The largest absolute Gasteiger partial charge is 0.353 e. The van der Waals surface area contributed by atoms with E-state index in [0.717, 1.165) is 18.6 Å². The Kier molecular flexibility index (Phi) is 7.88. The molecule has 0 aromatic carbocycles. The van der Waals surface area contributed by atoms with E-state index >= 15 is 0 Å². The van der Waals surface area contributed by atoms with Crippen LogP contribution in [0.15, 0.2) is 0 Å². The van der Waals surface area contributed by atoms with Gasteiger partial charge in [0.05, 0.1) is 5.25 Å². The molecular weight excluding hydrogens is 232 g/mol. The highest BCUT2D eigenvalue weighted by molar-refractivity contribution is 8.00. The summed E-state index contributed by atoms with van der Waals surface area (Å²) < 4.78 is 0. The number of carbonyl (C=O) groups is 1. The normalized spacial score (nSPS) is 13.8. The topological polar surface area (TPSA) is 55.1 Å². The average molecular weight is 260 g/mol. The number of rotatable bonds is 8. The first-order chi connectivity index (χ1) is 7.90. The van der Waals surface area contributed by atoms with Gasteiger partial charge in [-0.15, -0.1) is 11.8 Å². The van der Waals surface area contributed by atoms with Gasteiger partial charge in [-0.05, 0) is 24.5 Å². The molecule has 0 rings (SSSR count). The predicted octanol–water partition coefficient (Wildman–Crippen LogP) is 2.40. The molecule has 102 valence electrons. The first-order valence-electron chi connectivity index (χ1n) is 6.58. The van der Waals surface area contributed by atoms with Crippen LogP contribution in [0.2, 0.25) is 0 Å². The van der Waals surface area contributed by atoms with E-state index in [1.54, 1.807) is 11.8 Å². The van der Waals surface area contributed by atoms with Gasteiger partial charge in [0.15, 0.2) is 0 Å². The first-order valence-corrected chi connectivity index (χ1v) is 7.63. The van der Waals surface area contributed by atoms with Gasteiger partial charge in [0.25, 0.3) is 0 Å². The van der Waals surface area contributed by atoms with Crippen molar-refractivity contribution in [3.05, 3.63) is 0 Å². The van der Waals surface area contributed by atoms with Gasteiger partial charge in [0.2, 0.25) is 5.91 Å². The Balaban J connectivity index is 4.32. The van der Waals surface area contributed by atoms with Crippen molar-refractivity contribution in [2.75, 3.05) is 12.3 Å². The lowest BCUT2D eigenvalue weighted by atomic mass is 9.94. The molecular formula is C13H28N2OS. The highest BCUT2D eigenvalue weighted by Crippen LogP contribution is 2.19. The Bertz CT molecular complexity index is 227. The van der Waals surface area contributed by atoms with Crippen molar-refractivity contribution in [1.82, 2.24) is 5.32 Å². The van der Waals surface area contributed by atoms with Crippen molar-refractivity contribution in [1.29, 1.82) is 0 Å². The van der Waals surface area contributed by atoms with Gasteiger partial charge in [0, 0.05) is 12.1 Å². The summed E-state index contributed by atoms with van der Waals surface area (Å²) in [5.41, 5.74) is 5.92. The lowest BCUT2D eigenvalue weighted by Crippen LogP contribution is -2.51. The molecule has 3 nitrogen and oxygen atoms in total. The third kappa shape index (κ3) is 5.77. The zero-order chi connectivity index (χ0) is 13.5. The average Bonchev–Trinajstić information content (AvgIpc) is 2.32. The molecule has 0 radical (unpaired) electrons. The van der Waals surface area contributed by atoms with E-state index in [9.17, 15) is 4.79 Å². The molecule has 4 heteroatoms. The number of thioether (sulfide) groups is 1. The van der Waals surface area contributed by atoms with Crippen molar-refractivity contribution in [2.24, 2.45) is 11.7 Å². The van der Waals surface area contributed by atoms with E-state index in [1.807, 2.05) is 0 Å².